The molecule has 0 aliphatic rings. The van der Waals surface area contributed by atoms with Crippen molar-refractivity contribution in [2.75, 3.05) is 20.8 Å². The van der Waals surface area contributed by atoms with E-state index in [0.29, 0.717) is 0 Å². The van der Waals surface area contributed by atoms with Gasteiger partial charge in [0, 0.05) is 6.42 Å². The zero-order chi connectivity index (χ0) is 12.6. The van der Waals surface area contributed by atoms with Gasteiger partial charge in [0.2, 0.25) is 5.91 Å². The van der Waals surface area contributed by atoms with Gasteiger partial charge in [0.1, 0.15) is 12.6 Å². The molecular formula is C9H15NO6. The third kappa shape index (κ3) is 5.30. The number of methoxy groups -OCH3 is 2. The highest BCUT2D eigenvalue weighted by molar-refractivity contribution is 5.85. The highest BCUT2D eigenvalue weighted by Crippen LogP contribution is 2.01. The predicted octanol–water partition coefficient (Wildman–Crippen LogP) is -1.41. The first kappa shape index (κ1) is 14.4. The van der Waals surface area contributed by atoms with Crippen molar-refractivity contribution in [3.05, 3.63) is 0 Å². The number of amides is 1. The van der Waals surface area contributed by atoms with Gasteiger partial charge in [0.15, 0.2) is 0 Å². The maximum absolute atomic E-state index is 11.2. The summed E-state index contributed by atoms with van der Waals surface area (Å²) in [5.74, 6) is -1.88. The van der Waals surface area contributed by atoms with E-state index in [1.165, 1.54) is 14.2 Å². The van der Waals surface area contributed by atoms with Gasteiger partial charge < -0.3 is 19.9 Å². The minimum absolute atomic E-state index is 0.0258. The summed E-state index contributed by atoms with van der Waals surface area (Å²) in [5, 5.41) is 10.7. The van der Waals surface area contributed by atoms with Gasteiger partial charge in [-0.1, -0.05) is 0 Å². The first-order valence-electron chi connectivity index (χ1n) is 4.60. The summed E-state index contributed by atoms with van der Waals surface area (Å²) in [7, 11) is 2.39. The van der Waals surface area contributed by atoms with Gasteiger partial charge in [-0.05, 0) is 6.42 Å². The van der Waals surface area contributed by atoms with Crippen LogP contribution in [-0.2, 0) is 23.9 Å². The van der Waals surface area contributed by atoms with E-state index in [4.69, 9.17) is 5.11 Å². The summed E-state index contributed by atoms with van der Waals surface area (Å²) < 4.78 is 8.83. The van der Waals surface area contributed by atoms with Crippen LogP contribution in [0.1, 0.15) is 12.8 Å². The number of nitrogens with one attached hydrogen (secondary N) is 1. The quantitative estimate of drug-likeness (QED) is 0.546. The Morgan fingerprint density at radius 3 is 2.31 bits per heavy atom. The number of rotatable bonds is 6. The van der Waals surface area contributed by atoms with E-state index < -0.39 is 30.5 Å². The maximum atomic E-state index is 11.2. The summed E-state index contributed by atoms with van der Waals surface area (Å²) in [6.07, 6.45) is 0.0348. The molecule has 0 aromatic carbocycles. The van der Waals surface area contributed by atoms with Crippen molar-refractivity contribution in [2.45, 2.75) is 18.9 Å². The first-order valence-corrected chi connectivity index (χ1v) is 4.60. The molecule has 0 heterocycles. The first-order chi connectivity index (χ1) is 7.54. The van der Waals surface area contributed by atoms with Crippen LogP contribution in [0.2, 0.25) is 0 Å². The normalized spacial score (nSPS) is 11.4. The number of hydrogen-bond acceptors (Lipinski definition) is 6. The number of esters is 2. The fourth-order valence-corrected chi connectivity index (χ4v) is 0.995. The van der Waals surface area contributed by atoms with Gasteiger partial charge in [0.25, 0.3) is 0 Å². The lowest BCUT2D eigenvalue weighted by Gasteiger charge is -2.14. The third-order valence-corrected chi connectivity index (χ3v) is 1.83. The molecule has 0 spiro atoms. The van der Waals surface area contributed by atoms with Gasteiger partial charge in [-0.3, -0.25) is 9.59 Å². The largest absolute Gasteiger partial charge is 0.469 e. The van der Waals surface area contributed by atoms with E-state index in [1.54, 1.807) is 0 Å². The second kappa shape index (κ2) is 7.63. The van der Waals surface area contributed by atoms with Gasteiger partial charge in [-0.15, -0.1) is 0 Å². The molecule has 0 aromatic rings. The van der Waals surface area contributed by atoms with Crippen LogP contribution in [0.5, 0.6) is 0 Å². The smallest absolute Gasteiger partial charge is 0.328 e. The molecule has 0 aliphatic carbocycles. The third-order valence-electron chi connectivity index (χ3n) is 1.83. The molecule has 92 valence electrons. The molecule has 7 heteroatoms. The Morgan fingerprint density at radius 2 is 1.88 bits per heavy atom. The molecule has 1 amide bonds. The van der Waals surface area contributed by atoms with Crippen molar-refractivity contribution in [3.63, 3.8) is 0 Å². The van der Waals surface area contributed by atoms with E-state index in [0.717, 1.165) is 0 Å². The van der Waals surface area contributed by atoms with Crippen molar-refractivity contribution >= 4 is 17.8 Å². The van der Waals surface area contributed by atoms with Crippen molar-refractivity contribution in [2.24, 2.45) is 0 Å². The predicted molar refractivity (Wildman–Crippen MR) is 52.3 cm³/mol. The van der Waals surface area contributed by atoms with Gasteiger partial charge in [0.05, 0.1) is 14.2 Å². The molecule has 0 rings (SSSR count). The molecule has 0 radical (unpaired) electrons. The number of carbonyl (C=O) groups is 3. The fraction of sp³-hybridized carbons (Fsp3) is 0.667. The molecule has 16 heavy (non-hydrogen) atoms. The summed E-state index contributed by atoms with van der Waals surface area (Å²) in [6, 6.07) is -0.955. The minimum atomic E-state index is -0.955. The molecular weight excluding hydrogens is 218 g/mol. The number of aliphatic hydroxyl groups is 1. The van der Waals surface area contributed by atoms with Crippen LogP contribution in [-0.4, -0.2) is 49.8 Å². The number of ether oxygens (including phenoxy) is 2. The molecule has 0 bridgehead atoms. The van der Waals surface area contributed by atoms with E-state index in [-0.39, 0.29) is 12.8 Å². The zero-order valence-electron chi connectivity index (χ0n) is 9.19. The van der Waals surface area contributed by atoms with Crippen LogP contribution in [0.4, 0.5) is 0 Å². The van der Waals surface area contributed by atoms with E-state index in [9.17, 15) is 14.4 Å². The van der Waals surface area contributed by atoms with Crippen LogP contribution in [0.3, 0.4) is 0 Å². The second-order valence-corrected chi connectivity index (χ2v) is 2.92. The lowest BCUT2D eigenvalue weighted by Crippen LogP contribution is -2.43. The SMILES string of the molecule is COC(=O)CC[C@H](NC(=O)CO)C(=O)OC. The molecule has 7 nitrogen and oxygen atoms in total. The number of carbonyl (C=O) groups excluding carboxylic acids is 3. The highest BCUT2D eigenvalue weighted by Gasteiger charge is 2.22. The standard InChI is InChI=1S/C9H15NO6/c1-15-8(13)4-3-6(9(14)16-2)10-7(12)5-11/h6,11H,3-5H2,1-2H3,(H,10,12)/t6-/m0/s1. The van der Waals surface area contributed by atoms with Gasteiger partial charge in [-0.2, -0.15) is 0 Å². The summed E-state index contributed by atoms with van der Waals surface area (Å²) in [4.78, 5) is 32.9. The van der Waals surface area contributed by atoms with Crippen LogP contribution in [0, 0.1) is 0 Å². The molecule has 0 aromatic heterocycles. The number of hydrogen-bond donors (Lipinski definition) is 2. The monoisotopic (exact) mass is 233 g/mol. The van der Waals surface area contributed by atoms with E-state index >= 15 is 0 Å². The van der Waals surface area contributed by atoms with E-state index in [1.807, 2.05) is 0 Å². The Morgan fingerprint density at radius 1 is 1.25 bits per heavy atom. The molecule has 0 saturated heterocycles. The van der Waals surface area contributed by atoms with Crippen molar-refractivity contribution in [1.82, 2.24) is 5.32 Å². The Balaban J connectivity index is 4.26. The average Bonchev–Trinajstić information content (AvgIpc) is 2.32. The van der Waals surface area contributed by atoms with Crippen LogP contribution in [0.25, 0.3) is 0 Å². The molecule has 0 saturated carbocycles. The Hall–Kier alpha value is -1.63. The van der Waals surface area contributed by atoms with Crippen LogP contribution in [0.15, 0.2) is 0 Å². The average molecular weight is 233 g/mol. The Bertz CT molecular complexity index is 265. The minimum Gasteiger partial charge on any atom is -0.469 e. The van der Waals surface area contributed by atoms with Gasteiger partial charge >= 0.3 is 11.9 Å². The van der Waals surface area contributed by atoms with Crippen molar-refractivity contribution in [3.8, 4) is 0 Å². The summed E-state index contributed by atoms with van der Waals surface area (Å²) >= 11 is 0. The lowest BCUT2D eigenvalue weighted by molar-refractivity contribution is -0.146. The summed E-state index contributed by atoms with van der Waals surface area (Å²) in [6.45, 7) is -0.730. The van der Waals surface area contributed by atoms with Crippen LogP contribution >= 0.6 is 0 Å². The van der Waals surface area contributed by atoms with Crippen molar-refractivity contribution < 1.29 is 29.0 Å². The van der Waals surface area contributed by atoms with Crippen LogP contribution < -0.4 is 5.32 Å². The topological polar surface area (TPSA) is 102 Å². The maximum Gasteiger partial charge on any atom is 0.328 e. The molecule has 2 N–H and O–H groups in total. The Kier molecular flexibility index (Phi) is 6.86. The molecule has 1 atom stereocenters. The highest BCUT2D eigenvalue weighted by atomic mass is 16.5. The lowest BCUT2D eigenvalue weighted by atomic mass is 10.1. The zero-order valence-corrected chi connectivity index (χ0v) is 9.19. The number of aliphatic hydroxyl groups excluding tert-OH is 1. The molecule has 0 unspecified atom stereocenters. The second-order valence-electron chi connectivity index (χ2n) is 2.92. The van der Waals surface area contributed by atoms with Crippen molar-refractivity contribution in [1.29, 1.82) is 0 Å². The van der Waals surface area contributed by atoms with Gasteiger partial charge in [-0.25, -0.2) is 4.79 Å². The van der Waals surface area contributed by atoms with E-state index in [2.05, 4.69) is 14.8 Å². The molecule has 0 fully saturated rings. The Labute approximate surface area is 92.7 Å². The molecule has 0 aliphatic heterocycles. The summed E-state index contributed by atoms with van der Waals surface area (Å²) in [5.41, 5.74) is 0. The fourth-order valence-electron chi connectivity index (χ4n) is 0.995.